The number of anilines is 3. The van der Waals surface area contributed by atoms with Crippen molar-refractivity contribution in [1.82, 2.24) is 24.5 Å². The van der Waals surface area contributed by atoms with Gasteiger partial charge in [0.15, 0.2) is 10.9 Å². The second kappa shape index (κ2) is 10.2. The number of nitriles is 1. The molecule has 2 aliphatic heterocycles. The molecule has 0 unspecified atom stereocenters. The third kappa shape index (κ3) is 4.64. The maximum Gasteiger partial charge on any atom is 0.225 e. The van der Waals surface area contributed by atoms with Gasteiger partial charge in [-0.1, -0.05) is 59.4 Å². The summed E-state index contributed by atoms with van der Waals surface area (Å²) < 4.78 is 1.89. The van der Waals surface area contributed by atoms with Crippen LogP contribution in [0, 0.1) is 24.2 Å². The lowest BCUT2D eigenvalue weighted by Crippen LogP contribution is -2.56. The summed E-state index contributed by atoms with van der Waals surface area (Å²) >= 11 is 2.92. The van der Waals surface area contributed by atoms with Crippen LogP contribution in [0.2, 0.25) is 0 Å². The summed E-state index contributed by atoms with van der Waals surface area (Å²) in [5, 5.41) is 25.9. The summed E-state index contributed by atoms with van der Waals surface area (Å²) in [7, 11) is 1.95. The van der Waals surface area contributed by atoms with Gasteiger partial charge in [0.1, 0.15) is 16.6 Å². The molecular formula is C27H30N8O2S2. The predicted octanol–water partition coefficient (Wildman–Crippen LogP) is 3.84. The Morgan fingerprint density at radius 3 is 2.54 bits per heavy atom. The number of aromatic nitrogens is 4. The van der Waals surface area contributed by atoms with Gasteiger partial charge in [0.2, 0.25) is 16.0 Å². The average Bonchev–Trinajstić information content (AvgIpc) is 3.63. The molecule has 1 aromatic carbocycles. The smallest absolute Gasteiger partial charge is 0.225 e. The monoisotopic (exact) mass is 562 g/mol. The number of carbonyl (C=O) groups excluding carboxylic acids is 1. The zero-order valence-electron chi connectivity index (χ0n) is 22.2. The maximum absolute atomic E-state index is 12.7. The number of nitrogens with zero attached hydrogens (tertiary/aromatic N) is 8. The van der Waals surface area contributed by atoms with Crippen molar-refractivity contribution in [2.24, 2.45) is 5.92 Å². The minimum Gasteiger partial charge on any atom is -0.389 e. The zero-order chi connectivity index (χ0) is 27.3. The fourth-order valence-electron chi connectivity index (χ4n) is 5.21. The summed E-state index contributed by atoms with van der Waals surface area (Å²) in [6.07, 6.45) is 1.92. The molecule has 1 N–H and O–H groups in total. The van der Waals surface area contributed by atoms with Crippen LogP contribution in [0.15, 0.2) is 24.3 Å². The van der Waals surface area contributed by atoms with Crippen molar-refractivity contribution >= 4 is 49.6 Å². The second-order valence-corrected chi connectivity index (χ2v) is 12.1. The van der Waals surface area contributed by atoms with Crippen molar-refractivity contribution in [2.75, 3.05) is 43.0 Å². The fourth-order valence-corrected chi connectivity index (χ4v) is 7.02. The largest absolute Gasteiger partial charge is 0.389 e. The topological polar surface area (TPSA) is 114 Å². The average molecular weight is 563 g/mol. The van der Waals surface area contributed by atoms with Crippen LogP contribution < -0.4 is 9.80 Å². The normalized spacial score (nSPS) is 16.5. The number of aliphatic hydroxyl groups is 1. The Balaban J connectivity index is 1.25. The number of imidazole rings is 1. The number of hydrogen-bond acceptors (Lipinski definition) is 10. The summed E-state index contributed by atoms with van der Waals surface area (Å²) in [5.74, 6) is 1.02. The molecule has 0 bridgehead atoms. The van der Waals surface area contributed by atoms with Gasteiger partial charge in [-0.25, -0.2) is 9.97 Å². The maximum atomic E-state index is 12.7. The molecule has 2 saturated heterocycles. The minimum absolute atomic E-state index is 0.00754. The number of rotatable bonds is 6. The van der Waals surface area contributed by atoms with Crippen LogP contribution in [0.3, 0.4) is 0 Å². The van der Waals surface area contributed by atoms with Crippen molar-refractivity contribution in [3.8, 4) is 17.3 Å². The van der Waals surface area contributed by atoms with Gasteiger partial charge in [0.25, 0.3) is 0 Å². The van der Waals surface area contributed by atoms with E-state index >= 15 is 0 Å². The molecule has 0 saturated carbocycles. The van der Waals surface area contributed by atoms with E-state index in [1.54, 1.807) is 16.2 Å². The molecular weight excluding hydrogens is 532 g/mol. The van der Waals surface area contributed by atoms with Crippen LogP contribution in [0.5, 0.6) is 0 Å². The van der Waals surface area contributed by atoms with E-state index in [1.807, 2.05) is 47.7 Å². The lowest BCUT2D eigenvalue weighted by Gasteiger charge is -2.40. The highest BCUT2D eigenvalue weighted by Gasteiger charge is 2.35. The highest BCUT2D eigenvalue weighted by molar-refractivity contribution is 7.20. The van der Waals surface area contributed by atoms with Crippen molar-refractivity contribution in [1.29, 1.82) is 5.26 Å². The van der Waals surface area contributed by atoms with Gasteiger partial charge >= 0.3 is 0 Å². The SMILES string of the molecule is CCc1nc2sc(N3CCC(C(=O)N4CC(O)C4)CC3)nn2c1N(C)c1nc(-c2ccc(C)cc2)c(C#N)s1. The van der Waals surface area contributed by atoms with Gasteiger partial charge in [-0.2, -0.15) is 9.78 Å². The van der Waals surface area contributed by atoms with Crippen LogP contribution >= 0.6 is 22.7 Å². The number of benzene rings is 1. The van der Waals surface area contributed by atoms with Gasteiger partial charge in [0.05, 0.1) is 11.8 Å². The number of fused-ring (bicyclic) bond motifs is 1. The first-order valence-corrected chi connectivity index (χ1v) is 14.8. The molecule has 0 atom stereocenters. The Labute approximate surface area is 234 Å². The molecule has 0 spiro atoms. The van der Waals surface area contributed by atoms with Crippen LogP contribution in [-0.2, 0) is 11.2 Å². The van der Waals surface area contributed by atoms with Gasteiger partial charge in [-0.3, -0.25) is 4.79 Å². The number of aliphatic hydroxyl groups excluding tert-OH is 1. The molecule has 2 fully saturated rings. The Morgan fingerprint density at radius 1 is 1.18 bits per heavy atom. The number of thiazole rings is 1. The van der Waals surface area contributed by atoms with Gasteiger partial charge in [-0.15, -0.1) is 5.10 Å². The third-order valence-electron chi connectivity index (χ3n) is 7.51. The first-order chi connectivity index (χ1) is 18.9. The van der Waals surface area contributed by atoms with Gasteiger partial charge < -0.3 is 19.8 Å². The van der Waals surface area contributed by atoms with E-state index in [1.165, 1.54) is 11.3 Å². The standard InChI is InChI=1S/C27H30N8O2S2/c1-4-20-23(32(3)25-30-22(21(13-28)38-25)17-7-5-16(2)6-8-17)35-26(29-20)39-27(31-35)33-11-9-18(10-12-33)24(37)34-14-19(36)15-34/h5-8,18-19,36H,4,9-12,14-15H2,1-3H3. The Hall–Kier alpha value is -3.53. The Bertz CT molecular complexity index is 1550. The molecule has 1 amide bonds. The van der Waals surface area contributed by atoms with E-state index in [0.717, 1.165) is 65.1 Å². The lowest BCUT2D eigenvalue weighted by molar-refractivity contribution is -0.146. The van der Waals surface area contributed by atoms with Gasteiger partial charge in [0, 0.05) is 44.7 Å². The van der Waals surface area contributed by atoms with Crippen LogP contribution in [0.1, 0.15) is 35.9 Å². The Morgan fingerprint density at radius 2 is 1.90 bits per heavy atom. The van der Waals surface area contributed by atoms with E-state index in [9.17, 15) is 15.2 Å². The van der Waals surface area contributed by atoms with E-state index in [2.05, 4.69) is 17.9 Å². The minimum atomic E-state index is -0.369. The summed E-state index contributed by atoms with van der Waals surface area (Å²) in [6.45, 7) is 6.54. The number of aryl methyl sites for hydroxylation is 2. The van der Waals surface area contributed by atoms with Crippen molar-refractivity contribution < 1.29 is 9.90 Å². The predicted molar refractivity (Wildman–Crippen MR) is 153 cm³/mol. The number of piperidine rings is 1. The van der Waals surface area contributed by atoms with Gasteiger partial charge in [-0.05, 0) is 26.2 Å². The first kappa shape index (κ1) is 25.7. The van der Waals surface area contributed by atoms with Crippen LogP contribution in [0.4, 0.5) is 16.1 Å². The third-order valence-corrected chi connectivity index (χ3v) is 9.51. The van der Waals surface area contributed by atoms with Crippen LogP contribution in [-0.4, -0.2) is 74.8 Å². The van der Waals surface area contributed by atoms with Crippen molar-refractivity contribution in [3.05, 3.63) is 40.4 Å². The molecule has 3 aromatic heterocycles. The molecule has 4 aromatic rings. The molecule has 2 aliphatic rings. The highest BCUT2D eigenvalue weighted by Crippen LogP contribution is 2.38. The number of amides is 1. The molecule has 39 heavy (non-hydrogen) atoms. The number of hydrogen-bond donors (Lipinski definition) is 1. The number of β-amino-alcohol motifs (C(OH)–C–C–N with tert-alkyl or cyclic N) is 1. The fraction of sp³-hybridized carbons (Fsp3) is 0.444. The summed E-state index contributed by atoms with van der Waals surface area (Å²) in [5.41, 5.74) is 3.69. The highest BCUT2D eigenvalue weighted by atomic mass is 32.1. The number of carbonyl (C=O) groups is 1. The molecule has 0 aliphatic carbocycles. The molecule has 10 nitrogen and oxygen atoms in total. The molecule has 12 heteroatoms. The Kier molecular flexibility index (Phi) is 6.74. The van der Waals surface area contributed by atoms with E-state index in [4.69, 9.17) is 15.1 Å². The summed E-state index contributed by atoms with van der Waals surface area (Å²) in [4.78, 5) is 29.8. The van der Waals surface area contributed by atoms with E-state index in [0.29, 0.717) is 28.8 Å². The summed E-state index contributed by atoms with van der Waals surface area (Å²) in [6, 6.07) is 10.4. The lowest BCUT2D eigenvalue weighted by atomic mass is 9.94. The molecule has 5 heterocycles. The molecule has 6 rings (SSSR count). The van der Waals surface area contributed by atoms with Crippen molar-refractivity contribution in [3.63, 3.8) is 0 Å². The van der Waals surface area contributed by atoms with E-state index < -0.39 is 0 Å². The second-order valence-electron chi connectivity index (χ2n) is 10.2. The van der Waals surface area contributed by atoms with Crippen LogP contribution in [0.25, 0.3) is 16.2 Å². The number of likely N-dealkylation sites (tertiary alicyclic amines) is 1. The molecule has 202 valence electrons. The zero-order valence-corrected chi connectivity index (χ0v) is 23.8. The first-order valence-electron chi connectivity index (χ1n) is 13.2. The quantitative estimate of drug-likeness (QED) is 0.377. The van der Waals surface area contributed by atoms with Crippen molar-refractivity contribution in [2.45, 2.75) is 39.2 Å². The molecule has 0 radical (unpaired) electrons. The van der Waals surface area contributed by atoms with E-state index in [-0.39, 0.29) is 17.9 Å².